The summed E-state index contributed by atoms with van der Waals surface area (Å²) >= 11 is 1.57. The van der Waals surface area contributed by atoms with Crippen LogP contribution in [0.3, 0.4) is 0 Å². The maximum Gasteiger partial charge on any atom is 0.326 e. The van der Waals surface area contributed by atoms with Gasteiger partial charge in [0, 0.05) is 24.4 Å². The molecule has 2 aromatic rings. The van der Waals surface area contributed by atoms with Crippen molar-refractivity contribution in [1.29, 1.82) is 0 Å². The molecule has 1 radical (unpaired) electrons. The smallest absolute Gasteiger partial charge is 0.326 e. The van der Waals surface area contributed by atoms with Crippen LogP contribution in [0.25, 0.3) is 11.1 Å². The Hall–Kier alpha value is -1.71. The van der Waals surface area contributed by atoms with E-state index < -0.39 is 12.0 Å². The van der Waals surface area contributed by atoms with E-state index in [9.17, 15) is 14.7 Å². The van der Waals surface area contributed by atoms with Gasteiger partial charge in [0.05, 0.1) is 12.2 Å². The van der Waals surface area contributed by atoms with Gasteiger partial charge in [0.1, 0.15) is 6.04 Å². The molecule has 0 heterocycles. The zero-order valence-corrected chi connectivity index (χ0v) is 25.3. The van der Waals surface area contributed by atoms with E-state index in [2.05, 4.69) is 25.2 Å². The molecule has 2 N–H and O–H groups in total. The number of hydrogen-bond acceptors (Lipinski definition) is 4. The summed E-state index contributed by atoms with van der Waals surface area (Å²) in [7, 11) is 0. The number of thioether (sulfide) groups is 1. The second kappa shape index (κ2) is 17.2. The predicted molar refractivity (Wildman–Crippen MR) is 164 cm³/mol. The van der Waals surface area contributed by atoms with E-state index in [4.69, 9.17) is 4.74 Å². The number of aliphatic carboxylic acids is 1. The van der Waals surface area contributed by atoms with Crippen LogP contribution in [0.1, 0.15) is 99.2 Å². The van der Waals surface area contributed by atoms with Gasteiger partial charge in [-0.05, 0) is 91.8 Å². The number of amides is 1. The van der Waals surface area contributed by atoms with E-state index >= 15 is 0 Å². The number of carboxylic acid groups (broad SMARTS) is 1. The Kier molecular flexibility index (Phi) is 14.8. The van der Waals surface area contributed by atoms with Crippen LogP contribution in [0.15, 0.2) is 42.5 Å². The fraction of sp³-hybridized carbons (Fsp3) is 0.562. The van der Waals surface area contributed by atoms with Crippen LogP contribution in [-0.4, -0.2) is 60.0 Å². The van der Waals surface area contributed by atoms with Crippen LogP contribution in [0, 0.1) is 12.8 Å². The Morgan fingerprint density at radius 3 is 2.44 bits per heavy atom. The van der Waals surface area contributed by atoms with Crippen molar-refractivity contribution in [3.63, 3.8) is 0 Å². The first-order chi connectivity index (χ1) is 18.3. The maximum absolute atomic E-state index is 13.5. The quantitative estimate of drug-likeness (QED) is 0.241. The molecule has 0 aromatic heterocycles. The van der Waals surface area contributed by atoms with Crippen molar-refractivity contribution in [2.24, 2.45) is 5.92 Å². The fourth-order valence-corrected chi connectivity index (χ4v) is 5.94. The third-order valence-corrected chi connectivity index (χ3v) is 8.33. The van der Waals surface area contributed by atoms with Gasteiger partial charge < -0.3 is 15.2 Å². The number of carboxylic acids is 1. The molecule has 0 bridgehead atoms. The van der Waals surface area contributed by atoms with E-state index in [-0.39, 0.29) is 37.0 Å². The SMILES string of the molecule is CCCCC(C)OC(c1ccc(C(=O)N[C@@H](CCSC)C(=O)O)c(-c2ccccc2C)c1)C1CCCCC1.[Li]. The van der Waals surface area contributed by atoms with Gasteiger partial charge in [-0.3, -0.25) is 4.79 Å². The Morgan fingerprint density at radius 1 is 1.08 bits per heavy atom. The number of hydrogen-bond donors (Lipinski definition) is 2. The van der Waals surface area contributed by atoms with Gasteiger partial charge >= 0.3 is 5.97 Å². The molecule has 2 aromatic carbocycles. The fourth-order valence-electron chi connectivity index (χ4n) is 5.47. The van der Waals surface area contributed by atoms with Gasteiger partial charge in [0.15, 0.2) is 0 Å². The Balaban J connectivity index is 0.00000533. The van der Waals surface area contributed by atoms with Crippen molar-refractivity contribution in [3.8, 4) is 11.1 Å². The first-order valence-corrected chi connectivity index (χ1v) is 15.6. The topological polar surface area (TPSA) is 75.6 Å². The molecule has 5 nitrogen and oxygen atoms in total. The molecule has 3 atom stereocenters. The van der Waals surface area contributed by atoms with Crippen LogP contribution in [0.5, 0.6) is 0 Å². The molecule has 1 aliphatic carbocycles. The molecule has 7 heteroatoms. The molecule has 1 fully saturated rings. The van der Waals surface area contributed by atoms with E-state index in [0.717, 1.165) is 54.4 Å². The zero-order valence-electron chi connectivity index (χ0n) is 24.5. The van der Waals surface area contributed by atoms with Crippen LogP contribution >= 0.6 is 11.8 Å². The number of carbonyl (C=O) groups is 2. The Bertz CT molecular complexity index is 1060. The molecular weight excluding hydrogens is 501 g/mol. The summed E-state index contributed by atoms with van der Waals surface area (Å²) in [5.74, 6) is -0.236. The van der Waals surface area contributed by atoms with Crippen molar-refractivity contribution in [3.05, 3.63) is 59.2 Å². The number of carbonyl (C=O) groups excluding carboxylic acids is 1. The number of ether oxygens (including phenoxy) is 1. The summed E-state index contributed by atoms with van der Waals surface area (Å²) in [6.45, 7) is 6.43. The average molecular weight is 547 g/mol. The summed E-state index contributed by atoms with van der Waals surface area (Å²) in [5.41, 5.74) is 4.49. The molecule has 1 saturated carbocycles. The number of benzene rings is 2. The third-order valence-electron chi connectivity index (χ3n) is 7.69. The van der Waals surface area contributed by atoms with Gasteiger partial charge in [-0.25, -0.2) is 4.79 Å². The molecule has 0 spiro atoms. The standard InChI is InChI=1S/C32H45NO4S.Li/c1-5-6-13-23(3)37-30(24-14-8-7-9-15-24)25-17-18-27(28(21-25)26-16-11-10-12-22(26)2)31(34)33-29(32(35)36)19-20-38-4;/h10-12,16-18,21,23-24,29-30H,5-9,13-15,19-20H2,1-4H3,(H,33,34)(H,35,36);/t23?,29-,30?;/m0./s1. The zero-order chi connectivity index (χ0) is 27.5. The molecule has 2 unspecified atom stereocenters. The summed E-state index contributed by atoms with van der Waals surface area (Å²) in [5, 5.41) is 12.5. The van der Waals surface area contributed by atoms with E-state index in [1.54, 1.807) is 11.8 Å². The van der Waals surface area contributed by atoms with Crippen molar-refractivity contribution >= 4 is 42.5 Å². The molecule has 3 rings (SSSR count). The van der Waals surface area contributed by atoms with Gasteiger partial charge in [-0.15, -0.1) is 0 Å². The summed E-state index contributed by atoms with van der Waals surface area (Å²) < 4.78 is 6.76. The number of aryl methyl sites for hydroxylation is 1. The molecule has 0 saturated heterocycles. The number of rotatable bonds is 14. The summed E-state index contributed by atoms with van der Waals surface area (Å²) in [6, 6.07) is 13.2. The van der Waals surface area contributed by atoms with E-state index in [1.165, 1.54) is 19.3 Å². The second-order valence-electron chi connectivity index (χ2n) is 10.7. The monoisotopic (exact) mass is 546 g/mol. The first kappa shape index (κ1) is 33.5. The van der Waals surface area contributed by atoms with Crippen LogP contribution in [0.4, 0.5) is 0 Å². The van der Waals surface area contributed by atoms with Gasteiger partial charge in [0.25, 0.3) is 5.91 Å². The Morgan fingerprint density at radius 2 is 1.79 bits per heavy atom. The largest absolute Gasteiger partial charge is 0.480 e. The predicted octanol–water partition coefficient (Wildman–Crippen LogP) is 7.43. The van der Waals surface area contributed by atoms with E-state index in [1.807, 2.05) is 49.6 Å². The van der Waals surface area contributed by atoms with Crippen molar-refractivity contribution < 1.29 is 19.4 Å². The third kappa shape index (κ3) is 9.71. The minimum Gasteiger partial charge on any atom is -0.480 e. The first-order valence-electron chi connectivity index (χ1n) is 14.2. The van der Waals surface area contributed by atoms with Crippen molar-refractivity contribution in [2.45, 2.75) is 96.8 Å². The summed E-state index contributed by atoms with van der Waals surface area (Å²) in [6.07, 6.45) is 11.8. The Labute approximate surface area is 251 Å². The molecule has 1 amide bonds. The summed E-state index contributed by atoms with van der Waals surface area (Å²) in [4.78, 5) is 25.3. The van der Waals surface area contributed by atoms with Crippen LogP contribution in [0.2, 0.25) is 0 Å². The maximum atomic E-state index is 13.5. The molecule has 1 aliphatic rings. The van der Waals surface area contributed by atoms with Gasteiger partial charge in [0.2, 0.25) is 0 Å². The number of nitrogens with one attached hydrogen (secondary N) is 1. The molecule has 209 valence electrons. The minimum absolute atomic E-state index is 0. The molecular formula is C32H45LiNO4S. The van der Waals surface area contributed by atoms with Crippen LogP contribution < -0.4 is 5.32 Å². The molecule has 39 heavy (non-hydrogen) atoms. The van der Waals surface area contributed by atoms with Gasteiger partial charge in [-0.1, -0.05) is 69.4 Å². The van der Waals surface area contributed by atoms with Crippen LogP contribution in [-0.2, 0) is 9.53 Å². The van der Waals surface area contributed by atoms with Crippen molar-refractivity contribution in [2.75, 3.05) is 12.0 Å². The number of unbranched alkanes of at least 4 members (excludes halogenated alkanes) is 1. The molecule has 0 aliphatic heterocycles. The minimum atomic E-state index is -1.01. The second-order valence-corrected chi connectivity index (χ2v) is 11.7. The average Bonchev–Trinajstić information content (AvgIpc) is 2.93. The normalized spacial score (nSPS) is 16.1. The van der Waals surface area contributed by atoms with Crippen molar-refractivity contribution in [1.82, 2.24) is 5.32 Å². The van der Waals surface area contributed by atoms with E-state index in [0.29, 0.717) is 23.7 Å². The van der Waals surface area contributed by atoms with Gasteiger partial charge in [-0.2, -0.15) is 11.8 Å².